The molecule has 0 aromatic rings. The first-order valence-electron chi connectivity index (χ1n) is 14.1. The van der Waals surface area contributed by atoms with Crippen LogP contribution in [0.25, 0.3) is 0 Å². The first-order chi connectivity index (χ1) is 15.3. The standard InChI is InChI=1S/C30H58O2Si2/c1-14-20-29(7,22-16-21-28(5,6)32-33(9,10)11)26-19-18-24-25(17-15-23-30(24,26)8)31-34(12,13)27(2,3)4/h1,24-26H,15-23H2,2-13H3/t24?,25-,26?,29?,30-/m0/s1. The molecule has 0 spiro atoms. The highest BCUT2D eigenvalue weighted by molar-refractivity contribution is 6.74. The van der Waals surface area contributed by atoms with Gasteiger partial charge in [-0.15, -0.1) is 12.3 Å². The molecule has 0 aliphatic heterocycles. The van der Waals surface area contributed by atoms with Gasteiger partial charge in [0.05, 0.1) is 5.60 Å². The Labute approximate surface area is 216 Å². The van der Waals surface area contributed by atoms with Crippen molar-refractivity contribution in [2.75, 3.05) is 0 Å². The Morgan fingerprint density at radius 3 is 2.09 bits per heavy atom. The van der Waals surface area contributed by atoms with Gasteiger partial charge < -0.3 is 8.85 Å². The van der Waals surface area contributed by atoms with Crippen LogP contribution in [0.2, 0.25) is 37.8 Å². The molecule has 198 valence electrons. The van der Waals surface area contributed by atoms with Gasteiger partial charge >= 0.3 is 0 Å². The average Bonchev–Trinajstić information content (AvgIpc) is 2.97. The van der Waals surface area contributed by atoms with E-state index in [0.717, 1.165) is 12.8 Å². The third-order valence-corrected chi connectivity index (χ3v) is 15.4. The minimum Gasteiger partial charge on any atom is -0.414 e. The molecule has 0 N–H and O–H groups in total. The summed E-state index contributed by atoms with van der Waals surface area (Å²) in [6, 6.07) is 0. The predicted molar refractivity (Wildman–Crippen MR) is 154 cm³/mol. The predicted octanol–water partition coefficient (Wildman–Crippen LogP) is 9.42. The van der Waals surface area contributed by atoms with E-state index in [9.17, 15) is 0 Å². The fourth-order valence-electron chi connectivity index (χ4n) is 7.38. The minimum absolute atomic E-state index is 0.0451. The Bertz CT molecular complexity index is 724. The average molecular weight is 507 g/mol. The van der Waals surface area contributed by atoms with Gasteiger partial charge in [-0.2, -0.15) is 0 Å². The number of fused-ring (bicyclic) bond motifs is 1. The molecule has 3 unspecified atom stereocenters. The molecule has 0 bridgehead atoms. The zero-order valence-electron chi connectivity index (χ0n) is 25.0. The van der Waals surface area contributed by atoms with Gasteiger partial charge in [-0.05, 0) is 113 Å². The number of hydrogen-bond donors (Lipinski definition) is 0. The first kappa shape index (κ1) is 30.1. The monoisotopic (exact) mass is 506 g/mol. The van der Waals surface area contributed by atoms with E-state index in [1.54, 1.807) is 0 Å². The lowest BCUT2D eigenvalue weighted by atomic mass is 9.56. The highest BCUT2D eigenvalue weighted by Gasteiger charge is 2.57. The second-order valence-corrected chi connectivity index (χ2v) is 24.6. The second kappa shape index (κ2) is 10.3. The zero-order chi connectivity index (χ0) is 26.2. The SMILES string of the molecule is C#CCC(C)(CCCC(C)(C)O[Si](C)(C)C)C1CCC2[C@@H](O[Si](C)(C)C(C)(C)C)CCC[C@@]21C. The fraction of sp³-hybridized carbons (Fsp3) is 0.933. The third-order valence-electron chi connectivity index (χ3n) is 9.77. The molecule has 4 heteroatoms. The van der Waals surface area contributed by atoms with E-state index in [2.05, 4.69) is 87.1 Å². The smallest absolute Gasteiger partial charge is 0.192 e. The summed E-state index contributed by atoms with van der Waals surface area (Å²) < 4.78 is 13.6. The van der Waals surface area contributed by atoms with Crippen molar-refractivity contribution in [2.24, 2.45) is 22.7 Å². The molecule has 0 amide bonds. The molecule has 2 fully saturated rings. The van der Waals surface area contributed by atoms with Crippen LogP contribution >= 0.6 is 0 Å². The topological polar surface area (TPSA) is 18.5 Å². The molecule has 0 aromatic heterocycles. The van der Waals surface area contributed by atoms with Crippen LogP contribution in [-0.4, -0.2) is 28.3 Å². The van der Waals surface area contributed by atoms with Gasteiger partial charge in [0.25, 0.3) is 0 Å². The summed E-state index contributed by atoms with van der Waals surface area (Å²) >= 11 is 0. The van der Waals surface area contributed by atoms with Gasteiger partial charge in [0.1, 0.15) is 0 Å². The lowest BCUT2D eigenvalue weighted by molar-refractivity contribution is -0.0441. The van der Waals surface area contributed by atoms with Crippen molar-refractivity contribution in [3.8, 4) is 12.3 Å². The van der Waals surface area contributed by atoms with E-state index in [1.807, 2.05) is 0 Å². The Morgan fingerprint density at radius 2 is 1.56 bits per heavy atom. The minimum atomic E-state index is -1.77. The van der Waals surface area contributed by atoms with Crippen LogP contribution in [0, 0.1) is 35.0 Å². The molecular weight excluding hydrogens is 449 g/mol. The lowest BCUT2D eigenvalue weighted by Crippen LogP contribution is -2.51. The van der Waals surface area contributed by atoms with Crippen molar-refractivity contribution in [1.82, 2.24) is 0 Å². The summed E-state index contributed by atoms with van der Waals surface area (Å²) in [7, 11) is -3.32. The molecule has 2 saturated carbocycles. The van der Waals surface area contributed by atoms with Crippen LogP contribution in [0.1, 0.15) is 106 Å². The van der Waals surface area contributed by atoms with Crippen LogP contribution < -0.4 is 0 Å². The van der Waals surface area contributed by atoms with Crippen molar-refractivity contribution >= 4 is 16.6 Å². The van der Waals surface area contributed by atoms with E-state index in [4.69, 9.17) is 15.3 Å². The molecule has 2 aliphatic rings. The second-order valence-electron chi connectivity index (χ2n) is 15.4. The van der Waals surface area contributed by atoms with Crippen LogP contribution in [0.5, 0.6) is 0 Å². The van der Waals surface area contributed by atoms with E-state index in [0.29, 0.717) is 23.4 Å². The molecule has 0 aromatic carbocycles. The molecule has 0 saturated heterocycles. The summed E-state index contributed by atoms with van der Waals surface area (Å²) in [4.78, 5) is 0. The van der Waals surface area contributed by atoms with Crippen molar-refractivity contribution < 1.29 is 8.85 Å². The molecule has 0 radical (unpaired) electrons. The summed E-state index contributed by atoms with van der Waals surface area (Å²) in [5.74, 6) is 4.48. The molecule has 2 nitrogen and oxygen atoms in total. The van der Waals surface area contributed by atoms with Crippen molar-refractivity contribution in [1.29, 1.82) is 0 Å². The molecular formula is C30H58O2Si2. The van der Waals surface area contributed by atoms with Crippen LogP contribution in [0.4, 0.5) is 0 Å². The first-order valence-corrected chi connectivity index (χ1v) is 20.4. The van der Waals surface area contributed by atoms with Gasteiger partial charge in [-0.1, -0.05) is 47.5 Å². The van der Waals surface area contributed by atoms with Crippen LogP contribution in [0.3, 0.4) is 0 Å². The summed E-state index contributed by atoms with van der Waals surface area (Å²) in [5.41, 5.74) is 0.504. The maximum absolute atomic E-state index is 7.10. The van der Waals surface area contributed by atoms with Gasteiger partial charge in [-0.3, -0.25) is 0 Å². The highest BCUT2D eigenvalue weighted by atomic mass is 28.4. The van der Waals surface area contributed by atoms with Crippen molar-refractivity contribution in [2.45, 2.75) is 156 Å². The molecule has 2 rings (SSSR count). The quantitative estimate of drug-likeness (QED) is 0.217. The number of hydrogen-bond acceptors (Lipinski definition) is 2. The van der Waals surface area contributed by atoms with Crippen molar-refractivity contribution in [3.63, 3.8) is 0 Å². The highest BCUT2D eigenvalue weighted by Crippen LogP contribution is 2.63. The lowest BCUT2D eigenvalue weighted by Gasteiger charge is -2.52. The van der Waals surface area contributed by atoms with Gasteiger partial charge in [0.2, 0.25) is 0 Å². The summed E-state index contributed by atoms with van der Waals surface area (Å²) in [6.45, 7) is 28.5. The number of rotatable bonds is 10. The van der Waals surface area contributed by atoms with Crippen molar-refractivity contribution in [3.05, 3.63) is 0 Å². The molecule has 0 heterocycles. The fourth-order valence-corrected chi connectivity index (χ4v) is 10.5. The Morgan fingerprint density at radius 1 is 0.941 bits per heavy atom. The van der Waals surface area contributed by atoms with E-state index in [-0.39, 0.29) is 16.1 Å². The summed E-state index contributed by atoms with van der Waals surface area (Å²) in [5, 5.41) is 0.266. The molecule has 2 aliphatic carbocycles. The third kappa shape index (κ3) is 7.02. The molecule has 5 atom stereocenters. The summed E-state index contributed by atoms with van der Waals surface area (Å²) in [6.07, 6.45) is 17.3. The van der Waals surface area contributed by atoms with E-state index < -0.39 is 16.6 Å². The van der Waals surface area contributed by atoms with E-state index in [1.165, 1.54) is 44.9 Å². The Kier molecular flexibility index (Phi) is 9.17. The normalized spacial score (nSPS) is 30.5. The Hall–Kier alpha value is -0.0862. The van der Waals surface area contributed by atoms with Gasteiger partial charge in [0, 0.05) is 12.5 Å². The van der Waals surface area contributed by atoms with Crippen LogP contribution in [-0.2, 0) is 8.85 Å². The maximum atomic E-state index is 7.10. The maximum Gasteiger partial charge on any atom is 0.192 e. The Balaban J connectivity index is 2.18. The number of terminal acetylenes is 1. The van der Waals surface area contributed by atoms with Crippen LogP contribution in [0.15, 0.2) is 0 Å². The van der Waals surface area contributed by atoms with E-state index >= 15 is 0 Å². The van der Waals surface area contributed by atoms with Gasteiger partial charge in [-0.25, -0.2) is 0 Å². The molecule has 34 heavy (non-hydrogen) atoms. The van der Waals surface area contributed by atoms with Gasteiger partial charge in [0.15, 0.2) is 16.6 Å². The largest absolute Gasteiger partial charge is 0.414 e. The zero-order valence-corrected chi connectivity index (χ0v) is 27.0.